The molecule has 1 aromatic carbocycles. The van der Waals surface area contributed by atoms with Gasteiger partial charge < -0.3 is 9.72 Å². The highest BCUT2D eigenvalue weighted by atomic mass is 35.5. The fourth-order valence-electron chi connectivity index (χ4n) is 1.85. The largest absolute Gasteiger partial charge is 0.446 e. The molecule has 114 valence electrons. The van der Waals surface area contributed by atoms with Gasteiger partial charge in [0.05, 0.1) is 17.6 Å². The van der Waals surface area contributed by atoms with Gasteiger partial charge in [-0.15, -0.1) is 0 Å². The van der Waals surface area contributed by atoms with Crippen molar-refractivity contribution < 1.29 is 9.13 Å². The second kappa shape index (κ2) is 5.78. The van der Waals surface area contributed by atoms with Crippen molar-refractivity contribution in [2.75, 3.05) is 0 Å². The SMILES string of the molecule is CC(C)(C)c1nc[nH]c(=O)c1Oc1cc(Cl)cc(C#N)c1F. The maximum absolute atomic E-state index is 14.2. The minimum atomic E-state index is -0.880. The smallest absolute Gasteiger partial charge is 0.294 e. The second-order valence-corrected chi connectivity index (χ2v) is 6.08. The zero-order valence-electron chi connectivity index (χ0n) is 12.2. The summed E-state index contributed by atoms with van der Waals surface area (Å²) in [6.45, 7) is 5.53. The van der Waals surface area contributed by atoms with E-state index in [1.165, 1.54) is 18.5 Å². The van der Waals surface area contributed by atoms with Gasteiger partial charge in [-0.3, -0.25) is 4.79 Å². The molecule has 1 heterocycles. The van der Waals surface area contributed by atoms with E-state index in [9.17, 15) is 9.18 Å². The van der Waals surface area contributed by atoms with E-state index in [2.05, 4.69) is 9.97 Å². The second-order valence-electron chi connectivity index (χ2n) is 5.64. The predicted molar refractivity (Wildman–Crippen MR) is 79.8 cm³/mol. The highest BCUT2D eigenvalue weighted by molar-refractivity contribution is 6.30. The van der Waals surface area contributed by atoms with Crippen molar-refractivity contribution in [1.82, 2.24) is 9.97 Å². The van der Waals surface area contributed by atoms with Gasteiger partial charge in [-0.05, 0) is 6.07 Å². The molecule has 1 aromatic heterocycles. The number of H-pyrrole nitrogens is 1. The van der Waals surface area contributed by atoms with E-state index in [1.807, 2.05) is 20.8 Å². The van der Waals surface area contributed by atoms with Crippen LogP contribution in [0.1, 0.15) is 32.0 Å². The summed E-state index contributed by atoms with van der Waals surface area (Å²) in [6, 6.07) is 4.07. The van der Waals surface area contributed by atoms with Crippen molar-refractivity contribution in [2.24, 2.45) is 0 Å². The Kier molecular flexibility index (Phi) is 4.20. The van der Waals surface area contributed by atoms with Gasteiger partial charge in [-0.25, -0.2) is 9.37 Å². The van der Waals surface area contributed by atoms with E-state index in [-0.39, 0.29) is 22.1 Å². The van der Waals surface area contributed by atoms with Gasteiger partial charge in [-0.1, -0.05) is 32.4 Å². The molecule has 7 heteroatoms. The molecule has 0 saturated carbocycles. The predicted octanol–water partition coefficient (Wildman–Crippen LogP) is 3.52. The van der Waals surface area contributed by atoms with Crippen molar-refractivity contribution in [3.8, 4) is 17.6 Å². The Balaban J connectivity index is 2.61. The number of halogens is 2. The van der Waals surface area contributed by atoms with Crippen LogP contribution in [0.4, 0.5) is 4.39 Å². The molecule has 22 heavy (non-hydrogen) atoms. The summed E-state index contributed by atoms with van der Waals surface area (Å²) in [5.74, 6) is -1.30. The zero-order chi connectivity index (χ0) is 16.5. The zero-order valence-corrected chi connectivity index (χ0v) is 13.0. The highest BCUT2D eigenvalue weighted by Crippen LogP contribution is 2.33. The molecule has 0 aliphatic heterocycles. The standard InChI is InChI=1S/C15H13ClFN3O2/c1-15(2,3)13-12(14(21)20-7-19-13)22-10-5-9(16)4-8(6-18)11(10)17/h4-5,7H,1-3H3,(H,19,20,21). The number of ether oxygens (including phenoxy) is 1. The van der Waals surface area contributed by atoms with Gasteiger partial charge in [0, 0.05) is 16.5 Å². The molecule has 0 spiro atoms. The Labute approximate surface area is 131 Å². The molecule has 0 amide bonds. The van der Waals surface area contributed by atoms with Gasteiger partial charge in [-0.2, -0.15) is 5.26 Å². The number of rotatable bonds is 2. The first-order valence-electron chi connectivity index (χ1n) is 6.39. The number of hydrogen-bond donors (Lipinski definition) is 1. The molecule has 0 bridgehead atoms. The van der Waals surface area contributed by atoms with Gasteiger partial charge >= 0.3 is 0 Å². The van der Waals surface area contributed by atoms with Gasteiger partial charge in [0.25, 0.3) is 5.56 Å². The maximum atomic E-state index is 14.2. The first-order valence-corrected chi connectivity index (χ1v) is 6.77. The monoisotopic (exact) mass is 321 g/mol. The van der Waals surface area contributed by atoms with E-state index in [0.717, 1.165) is 0 Å². The summed E-state index contributed by atoms with van der Waals surface area (Å²) < 4.78 is 19.6. The maximum Gasteiger partial charge on any atom is 0.294 e. The molecule has 1 N–H and O–H groups in total. The molecule has 0 aliphatic carbocycles. The number of nitriles is 1. The molecule has 2 rings (SSSR count). The lowest BCUT2D eigenvalue weighted by Gasteiger charge is -2.20. The van der Waals surface area contributed by atoms with Gasteiger partial charge in [0.15, 0.2) is 11.6 Å². The molecule has 0 unspecified atom stereocenters. The van der Waals surface area contributed by atoms with Gasteiger partial charge in [0.1, 0.15) is 6.07 Å². The van der Waals surface area contributed by atoms with Crippen LogP contribution in [-0.2, 0) is 5.41 Å². The Hall–Kier alpha value is -2.39. The summed E-state index contributed by atoms with van der Waals surface area (Å²) in [5.41, 5.74) is -0.927. The van der Waals surface area contributed by atoms with Crippen molar-refractivity contribution in [1.29, 1.82) is 5.26 Å². The average Bonchev–Trinajstić information content (AvgIpc) is 2.43. The molecule has 0 fully saturated rings. The third-order valence-corrected chi connectivity index (χ3v) is 3.08. The third kappa shape index (κ3) is 3.10. The molecule has 0 aliphatic rings. The summed E-state index contributed by atoms with van der Waals surface area (Å²) in [7, 11) is 0. The van der Waals surface area contributed by atoms with Crippen molar-refractivity contribution in [3.05, 3.63) is 50.9 Å². The molecular formula is C15H13ClFN3O2. The number of nitrogens with one attached hydrogen (secondary N) is 1. The van der Waals surface area contributed by atoms with Crippen LogP contribution in [0.25, 0.3) is 0 Å². The van der Waals surface area contributed by atoms with E-state index >= 15 is 0 Å². The van der Waals surface area contributed by atoms with Crippen LogP contribution >= 0.6 is 11.6 Å². The molecular weight excluding hydrogens is 309 g/mol. The van der Waals surface area contributed by atoms with Crippen LogP contribution in [0.5, 0.6) is 11.5 Å². The Morgan fingerprint density at radius 2 is 2.09 bits per heavy atom. The number of aromatic amines is 1. The third-order valence-electron chi connectivity index (χ3n) is 2.86. The lowest BCUT2D eigenvalue weighted by Crippen LogP contribution is -2.21. The number of hydrogen-bond acceptors (Lipinski definition) is 4. The molecule has 2 aromatic rings. The van der Waals surface area contributed by atoms with E-state index in [0.29, 0.717) is 5.69 Å². The van der Waals surface area contributed by atoms with E-state index < -0.39 is 16.8 Å². The summed E-state index contributed by atoms with van der Waals surface area (Å²) in [4.78, 5) is 18.5. The van der Waals surface area contributed by atoms with Crippen molar-refractivity contribution >= 4 is 11.6 Å². The fourth-order valence-corrected chi connectivity index (χ4v) is 2.05. The van der Waals surface area contributed by atoms with Crippen LogP contribution in [0.15, 0.2) is 23.3 Å². The molecule has 0 saturated heterocycles. The minimum absolute atomic E-state index is 0.125. The Bertz CT molecular complexity index is 819. The molecule has 0 radical (unpaired) electrons. The Morgan fingerprint density at radius 3 is 2.68 bits per heavy atom. The van der Waals surface area contributed by atoms with E-state index in [1.54, 1.807) is 6.07 Å². The lowest BCUT2D eigenvalue weighted by molar-refractivity contribution is 0.411. The average molecular weight is 322 g/mol. The van der Waals surface area contributed by atoms with Crippen LogP contribution in [0, 0.1) is 17.1 Å². The van der Waals surface area contributed by atoms with Crippen molar-refractivity contribution in [2.45, 2.75) is 26.2 Å². The van der Waals surface area contributed by atoms with Gasteiger partial charge in [0.2, 0.25) is 5.75 Å². The van der Waals surface area contributed by atoms with Crippen LogP contribution in [-0.4, -0.2) is 9.97 Å². The fraction of sp³-hybridized carbons (Fsp3) is 0.267. The van der Waals surface area contributed by atoms with Crippen LogP contribution in [0.3, 0.4) is 0 Å². The molecule has 5 nitrogen and oxygen atoms in total. The van der Waals surface area contributed by atoms with Crippen LogP contribution in [0.2, 0.25) is 5.02 Å². The minimum Gasteiger partial charge on any atom is -0.446 e. The first kappa shape index (κ1) is 16.0. The number of aromatic nitrogens is 2. The number of nitrogens with zero attached hydrogens (tertiary/aromatic N) is 2. The first-order chi connectivity index (χ1) is 10.2. The quantitative estimate of drug-likeness (QED) is 0.917. The highest BCUT2D eigenvalue weighted by Gasteiger charge is 2.25. The van der Waals surface area contributed by atoms with Crippen LogP contribution < -0.4 is 10.3 Å². The summed E-state index contributed by atoms with van der Waals surface area (Å²) in [6.07, 6.45) is 1.25. The summed E-state index contributed by atoms with van der Waals surface area (Å²) in [5, 5.41) is 9.02. The molecule has 0 atom stereocenters. The normalized spacial score (nSPS) is 11.1. The topological polar surface area (TPSA) is 78.8 Å². The lowest BCUT2D eigenvalue weighted by atomic mass is 9.91. The number of benzene rings is 1. The van der Waals surface area contributed by atoms with Crippen molar-refractivity contribution in [3.63, 3.8) is 0 Å². The Morgan fingerprint density at radius 1 is 1.41 bits per heavy atom. The van der Waals surface area contributed by atoms with E-state index in [4.69, 9.17) is 21.6 Å². The summed E-state index contributed by atoms with van der Waals surface area (Å²) >= 11 is 5.84.